The molecule has 2 atom stereocenters. The normalized spacial score (nSPS) is 14.7. The number of nitrogens with one attached hydrogen (secondary N) is 1. The molecule has 0 rings (SSSR count). The Labute approximate surface area is 93.3 Å². The molecule has 0 aliphatic heterocycles. The van der Waals surface area contributed by atoms with Gasteiger partial charge in [-0.1, -0.05) is 39.5 Å². The molecule has 0 aromatic heterocycles. The quantitative estimate of drug-likeness (QED) is 0.609. The molecule has 1 amide bonds. The Morgan fingerprint density at radius 2 is 1.93 bits per heavy atom. The van der Waals surface area contributed by atoms with Crippen molar-refractivity contribution in [1.82, 2.24) is 5.32 Å². The van der Waals surface area contributed by atoms with Gasteiger partial charge in [0, 0.05) is 12.5 Å². The summed E-state index contributed by atoms with van der Waals surface area (Å²) < 4.78 is 0. The van der Waals surface area contributed by atoms with Crippen LogP contribution in [0.25, 0.3) is 0 Å². The van der Waals surface area contributed by atoms with Crippen LogP contribution < -0.4 is 5.32 Å². The van der Waals surface area contributed by atoms with Crippen LogP contribution in [0.15, 0.2) is 0 Å². The average Bonchev–Trinajstić information content (AvgIpc) is 2.20. The molecule has 0 spiro atoms. The maximum Gasteiger partial charge on any atom is 0.222 e. The second-order valence-electron chi connectivity index (χ2n) is 4.34. The minimum atomic E-state index is -0.457. The van der Waals surface area contributed by atoms with Crippen LogP contribution in [-0.4, -0.2) is 23.7 Å². The maximum atomic E-state index is 11.5. The Hall–Kier alpha value is -0.570. The van der Waals surface area contributed by atoms with E-state index in [1.165, 1.54) is 19.3 Å². The first-order valence-electron chi connectivity index (χ1n) is 6.03. The molecule has 2 unspecified atom stereocenters. The average molecular weight is 215 g/mol. The lowest BCUT2D eigenvalue weighted by molar-refractivity contribution is -0.125. The molecular weight excluding hydrogens is 190 g/mol. The third-order valence-electron chi connectivity index (χ3n) is 2.51. The highest BCUT2D eigenvalue weighted by Crippen LogP contribution is 2.10. The molecule has 0 aromatic carbocycles. The molecule has 0 heterocycles. The number of hydrogen-bond acceptors (Lipinski definition) is 2. The van der Waals surface area contributed by atoms with Crippen LogP contribution in [-0.2, 0) is 4.79 Å². The Morgan fingerprint density at radius 3 is 2.47 bits per heavy atom. The molecule has 0 aliphatic carbocycles. The van der Waals surface area contributed by atoms with Crippen molar-refractivity contribution < 1.29 is 9.90 Å². The van der Waals surface area contributed by atoms with E-state index >= 15 is 0 Å². The Kier molecular flexibility index (Phi) is 8.38. The van der Waals surface area contributed by atoms with E-state index in [0.717, 1.165) is 12.8 Å². The number of carbonyl (C=O) groups is 1. The van der Waals surface area contributed by atoms with Gasteiger partial charge in [-0.3, -0.25) is 4.79 Å². The molecule has 15 heavy (non-hydrogen) atoms. The number of unbranched alkanes of at least 4 members (excludes halogenated alkanes) is 3. The Morgan fingerprint density at radius 1 is 1.27 bits per heavy atom. The first kappa shape index (κ1) is 14.4. The molecule has 0 aromatic rings. The van der Waals surface area contributed by atoms with E-state index < -0.39 is 6.10 Å². The molecule has 0 aliphatic rings. The molecule has 0 fully saturated rings. The maximum absolute atomic E-state index is 11.5. The number of aliphatic hydroxyl groups is 1. The fourth-order valence-corrected chi connectivity index (χ4v) is 1.43. The lowest BCUT2D eigenvalue weighted by Gasteiger charge is -2.12. The van der Waals surface area contributed by atoms with Crippen molar-refractivity contribution >= 4 is 5.91 Å². The number of rotatable bonds is 8. The monoisotopic (exact) mass is 215 g/mol. The summed E-state index contributed by atoms with van der Waals surface area (Å²) in [5, 5.41) is 11.7. The fraction of sp³-hybridized carbons (Fsp3) is 0.917. The van der Waals surface area contributed by atoms with Gasteiger partial charge in [-0.25, -0.2) is 0 Å². The van der Waals surface area contributed by atoms with Gasteiger partial charge in [0.25, 0.3) is 0 Å². The lowest BCUT2D eigenvalue weighted by Crippen LogP contribution is -2.34. The van der Waals surface area contributed by atoms with Crippen LogP contribution in [0.5, 0.6) is 0 Å². The molecule has 90 valence electrons. The van der Waals surface area contributed by atoms with Crippen LogP contribution in [0.3, 0.4) is 0 Å². The van der Waals surface area contributed by atoms with E-state index in [4.69, 9.17) is 5.11 Å². The zero-order valence-electron chi connectivity index (χ0n) is 10.3. The molecule has 2 N–H and O–H groups in total. The number of hydrogen-bond donors (Lipinski definition) is 2. The SMILES string of the molecule is CCCCCCC(C)C(=O)NCC(C)O. The molecule has 0 saturated heterocycles. The van der Waals surface area contributed by atoms with Crippen LogP contribution in [0, 0.1) is 5.92 Å². The molecule has 0 saturated carbocycles. The number of carbonyl (C=O) groups excluding carboxylic acids is 1. The summed E-state index contributed by atoms with van der Waals surface area (Å²) in [6.45, 7) is 6.16. The Balaban J connectivity index is 3.51. The summed E-state index contributed by atoms with van der Waals surface area (Å²) in [6, 6.07) is 0. The van der Waals surface area contributed by atoms with Crippen LogP contribution in [0.2, 0.25) is 0 Å². The van der Waals surface area contributed by atoms with Gasteiger partial charge in [0.05, 0.1) is 6.10 Å². The van der Waals surface area contributed by atoms with Crippen LogP contribution in [0.1, 0.15) is 52.9 Å². The van der Waals surface area contributed by atoms with Gasteiger partial charge in [-0.2, -0.15) is 0 Å². The first-order valence-corrected chi connectivity index (χ1v) is 6.03. The summed E-state index contributed by atoms with van der Waals surface area (Å²) in [5.74, 6) is 0.132. The van der Waals surface area contributed by atoms with Gasteiger partial charge in [0.2, 0.25) is 5.91 Å². The minimum Gasteiger partial charge on any atom is -0.392 e. The van der Waals surface area contributed by atoms with Gasteiger partial charge < -0.3 is 10.4 Å². The van der Waals surface area contributed by atoms with Gasteiger partial charge in [0.1, 0.15) is 0 Å². The molecule has 0 bridgehead atoms. The van der Waals surface area contributed by atoms with Crippen LogP contribution in [0.4, 0.5) is 0 Å². The number of aliphatic hydroxyl groups excluding tert-OH is 1. The van der Waals surface area contributed by atoms with Crippen LogP contribution >= 0.6 is 0 Å². The minimum absolute atomic E-state index is 0.0624. The third kappa shape index (κ3) is 8.43. The van der Waals surface area contributed by atoms with Crippen molar-refractivity contribution in [3.8, 4) is 0 Å². The van der Waals surface area contributed by atoms with E-state index in [2.05, 4.69) is 12.2 Å². The van der Waals surface area contributed by atoms with Crippen molar-refractivity contribution in [2.45, 2.75) is 59.0 Å². The Bertz CT molecular complexity index is 169. The zero-order valence-corrected chi connectivity index (χ0v) is 10.3. The largest absolute Gasteiger partial charge is 0.392 e. The van der Waals surface area contributed by atoms with Gasteiger partial charge in [-0.05, 0) is 13.3 Å². The lowest BCUT2D eigenvalue weighted by atomic mass is 10.0. The summed E-state index contributed by atoms with van der Waals surface area (Å²) in [6.07, 6.45) is 5.30. The highest BCUT2D eigenvalue weighted by atomic mass is 16.3. The summed E-state index contributed by atoms with van der Waals surface area (Å²) in [4.78, 5) is 11.5. The van der Waals surface area contributed by atoms with E-state index in [1.807, 2.05) is 6.92 Å². The highest BCUT2D eigenvalue weighted by Gasteiger charge is 2.12. The highest BCUT2D eigenvalue weighted by molar-refractivity contribution is 5.78. The van der Waals surface area contributed by atoms with Crippen molar-refractivity contribution in [2.75, 3.05) is 6.54 Å². The third-order valence-corrected chi connectivity index (χ3v) is 2.51. The predicted molar refractivity (Wildman–Crippen MR) is 62.6 cm³/mol. The van der Waals surface area contributed by atoms with Crippen molar-refractivity contribution in [2.24, 2.45) is 5.92 Å². The first-order chi connectivity index (χ1) is 7.07. The summed E-state index contributed by atoms with van der Waals surface area (Å²) >= 11 is 0. The van der Waals surface area contributed by atoms with Gasteiger partial charge >= 0.3 is 0 Å². The smallest absolute Gasteiger partial charge is 0.222 e. The summed E-state index contributed by atoms with van der Waals surface area (Å²) in [7, 11) is 0. The van der Waals surface area contributed by atoms with E-state index in [9.17, 15) is 4.79 Å². The van der Waals surface area contributed by atoms with E-state index in [1.54, 1.807) is 6.92 Å². The standard InChI is InChI=1S/C12H25NO2/c1-4-5-6-7-8-10(2)12(15)13-9-11(3)14/h10-11,14H,4-9H2,1-3H3,(H,13,15). The number of amides is 1. The summed E-state index contributed by atoms with van der Waals surface area (Å²) in [5.41, 5.74) is 0. The fourth-order valence-electron chi connectivity index (χ4n) is 1.43. The van der Waals surface area contributed by atoms with E-state index in [0.29, 0.717) is 6.54 Å². The van der Waals surface area contributed by atoms with Gasteiger partial charge in [0.15, 0.2) is 0 Å². The molecule has 3 nitrogen and oxygen atoms in total. The van der Waals surface area contributed by atoms with Gasteiger partial charge in [-0.15, -0.1) is 0 Å². The van der Waals surface area contributed by atoms with Crippen molar-refractivity contribution in [1.29, 1.82) is 0 Å². The topological polar surface area (TPSA) is 49.3 Å². The predicted octanol–water partition coefficient (Wildman–Crippen LogP) is 2.09. The molecule has 3 heteroatoms. The van der Waals surface area contributed by atoms with Crippen molar-refractivity contribution in [3.63, 3.8) is 0 Å². The molecular formula is C12H25NO2. The van der Waals surface area contributed by atoms with E-state index in [-0.39, 0.29) is 11.8 Å². The second-order valence-corrected chi connectivity index (χ2v) is 4.34. The second kappa shape index (κ2) is 8.72. The molecule has 0 radical (unpaired) electrons. The zero-order chi connectivity index (χ0) is 11.7. The van der Waals surface area contributed by atoms with Crippen molar-refractivity contribution in [3.05, 3.63) is 0 Å².